The Bertz CT molecular complexity index is 467. The highest BCUT2D eigenvalue weighted by molar-refractivity contribution is 9.10. The number of nitrogens with zero attached hydrogens (tertiary/aromatic N) is 1. The summed E-state index contributed by atoms with van der Waals surface area (Å²) in [7, 11) is 1.62. The molecule has 4 heteroatoms. The molecule has 0 fully saturated rings. The second kappa shape index (κ2) is 7.21. The molecular formula is C14H18BrNO2. The first kappa shape index (κ1) is 14.8. The first-order valence-electron chi connectivity index (χ1n) is 5.74. The molecule has 98 valence electrons. The van der Waals surface area contributed by atoms with Crippen LogP contribution in [0.2, 0.25) is 0 Å². The Morgan fingerprint density at radius 1 is 1.44 bits per heavy atom. The average molecular weight is 312 g/mol. The summed E-state index contributed by atoms with van der Waals surface area (Å²) >= 11 is 3.34. The number of aryl methyl sites for hydroxylation is 1. The molecule has 0 N–H and O–H groups in total. The van der Waals surface area contributed by atoms with Gasteiger partial charge in [0.25, 0.3) is 0 Å². The van der Waals surface area contributed by atoms with Gasteiger partial charge in [0, 0.05) is 6.07 Å². The number of pyridine rings is 1. The van der Waals surface area contributed by atoms with Crippen LogP contribution >= 0.6 is 15.9 Å². The standard InChI is InChI=1S/C14H18BrNO2/c1-5-7-11(6-2)9-18-14-10(3)16-13(15)8-12(14)17-4/h5-8H,9H2,1-4H3/b7-5-,11-6+. The molecule has 0 aliphatic heterocycles. The Balaban J connectivity index is 2.90. The minimum absolute atomic E-state index is 0.501. The third kappa shape index (κ3) is 3.88. The monoisotopic (exact) mass is 311 g/mol. The topological polar surface area (TPSA) is 31.4 Å². The van der Waals surface area contributed by atoms with Gasteiger partial charge >= 0.3 is 0 Å². The number of hydrogen-bond acceptors (Lipinski definition) is 3. The molecule has 18 heavy (non-hydrogen) atoms. The van der Waals surface area contributed by atoms with E-state index in [0.717, 1.165) is 15.9 Å². The summed E-state index contributed by atoms with van der Waals surface area (Å²) in [6.45, 7) is 6.37. The van der Waals surface area contributed by atoms with Gasteiger partial charge in [0.05, 0.1) is 12.8 Å². The maximum atomic E-state index is 5.79. The fraction of sp³-hybridized carbons (Fsp3) is 0.357. The summed E-state index contributed by atoms with van der Waals surface area (Å²) in [5, 5.41) is 0. The molecule has 0 spiro atoms. The lowest BCUT2D eigenvalue weighted by molar-refractivity contribution is 0.317. The summed E-state index contributed by atoms with van der Waals surface area (Å²) in [6.07, 6.45) is 6.03. The Labute approximate surface area is 117 Å². The van der Waals surface area contributed by atoms with Gasteiger partial charge in [-0.2, -0.15) is 0 Å². The number of halogens is 1. The van der Waals surface area contributed by atoms with E-state index in [1.807, 2.05) is 39.0 Å². The van der Waals surface area contributed by atoms with Crippen molar-refractivity contribution in [3.05, 3.63) is 40.2 Å². The van der Waals surface area contributed by atoms with Gasteiger partial charge in [-0.25, -0.2) is 4.98 Å². The molecule has 0 unspecified atom stereocenters. The van der Waals surface area contributed by atoms with Gasteiger partial charge in [-0.3, -0.25) is 0 Å². The Kier molecular flexibility index (Phi) is 5.92. The Hall–Kier alpha value is -1.29. The normalized spacial score (nSPS) is 11.9. The number of ether oxygens (including phenoxy) is 2. The number of hydrogen-bond donors (Lipinski definition) is 0. The molecular weight excluding hydrogens is 294 g/mol. The summed E-state index contributed by atoms with van der Waals surface area (Å²) in [5.41, 5.74) is 1.92. The molecule has 0 radical (unpaired) electrons. The molecule has 1 aromatic heterocycles. The molecule has 0 aliphatic rings. The number of aromatic nitrogens is 1. The minimum Gasteiger partial charge on any atom is -0.493 e. The van der Waals surface area contributed by atoms with Crippen LogP contribution in [0.25, 0.3) is 0 Å². The molecule has 3 nitrogen and oxygen atoms in total. The van der Waals surface area contributed by atoms with Crippen LogP contribution in [0.3, 0.4) is 0 Å². The summed E-state index contributed by atoms with van der Waals surface area (Å²) in [4.78, 5) is 4.31. The van der Waals surface area contributed by atoms with Gasteiger partial charge in [0.15, 0.2) is 11.5 Å². The molecule has 0 saturated heterocycles. The van der Waals surface area contributed by atoms with Crippen molar-refractivity contribution < 1.29 is 9.47 Å². The molecule has 1 rings (SSSR count). The fourth-order valence-electron chi connectivity index (χ4n) is 1.52. The van der Waals surface area contributed by atoms with E-state index >= 15 is 0 Å². The largest absolute Gasteiger partial charge is 0.493 e. The highest BCUT2D eigenvalue weighted by Crippen LogP contribution is 2.32. The SMILES string of the molecule is C/C=C\C(=C/C)COc1c(OC)cc(Br)nc1C. The summed E-state index contributed by atoms with van der Waals surface area (Å²) < 4.78 is 11.8. The lowest BCUT2D eigenvalue weighted by Gasteiger charge is -2.13. The molecule has 1 heterocycles. The van der Waals surface area contributed by atoms with Gasteiger partial charge in [-0.15, -0.1) is 0 Å². The predicted molar refractivity (Wildman–Crippen MR) is 77.3 cm³/mol. The summed E-state index contributed by atoms with van der Waals surface area (Å²) in [5.74, 6) is 1.37. The van der Waals surface area contributed by atoms with Crippen LogP contribution in [-0.4, -0.2) is 18.7 Å². The van der Waals surface area contributed by atoms with E-state index in [2.05, 4.69) is 20.9 Å². The van der Waals surface area contributed by atoms with E-state index in [1.54, 1.807) is 13.2 Å². The van der Waals surface area contributed by atoms with Gasteiger partial charge in [0.2, 0.25) is 0 Å². The van der Waals surface area contributed by atoms with Crippen LogP contribution in [0.1, 0.15) is 19.5 Å². The number of rotatable bonds is 5. The smallest absolute Gasteiger partial charge is 0.182 e. The van der Waals surface area contributed by atoms with Crippen LogP contribution in [0.4, 0.5) is 0 Å². The van der Waals surface area contributed by atoms with Crippen molar-refractivity contribution in [1.29, 1.82) is 0 Å². The van der Waals surface area contributed by atoms with E-state index in [4.69, 9.17) is 9.47 Å². The van der Waals surface area contributed by atoms with Crippen LogP contribution in [0, 0.1) is 6.92 Å². The fourth-order valence-corrected chi connectivity index (χ4v) is 1.99. The predicted octanol–water partition coefficient (Wildman–Crippen LogP) is 4.06. The van der Waals surface area contributed by atoms with Gasteiger partial charge < -0.3 is 9.47 Å². The minimum atomic E-state index is 0.501. The molecule has 0 bridgehead atoms. The second-order valence-electron chi connectivity index (χ2n) is 3.71. The van der Waals surface area contributed by atoms with Crippen LogP contribution < -0.4 is 9.47 Å². The quantitative estimate of drug-likeness (QED) is 0.607. The molecule has 0 saturated carbocycles. The van der Waals surface area contributed by atoms with Crippen LogP contribution in [0.15, 0.2) is 34.5 Å². The van der Waals surface area contributed by atoms with E-state index in [9.17, 15) is 0 Å². The second-order valence-corrected chi connectivity index (χ2v) is 4.53. The van der Waals surface area contributed by atoms with Crippen molar-refractivity contribution in [2.45, 2.75) is 20.8 Å². The van der Waals surface area contributed by atoms with Crippen molar-refractivity contribution in [2.24, 2.45) is 0 Å². The van der Waals surface area contributed by atoms with Gasteiger partial charge in [0.1, 0.15) is 11.2 Å². The van der Waals surface area contributed by atoms with E-state index in [-0.39, 0.29) is 0 Å². The third-order valence-corrected chi connectivity index (χ3v) is 2.84. The Morgan fingerprint density at radius 2 is 2.17 bits per heavy atom. The third-order valence-electron chi connectivity index (χ3n) is 2.43. The maximum Gasteiger partial charge on any atom is 0.182 e. The van der Waals surface area contributed by atoms with Crippen LogP contribution in [0.5, 0.6) is 11.5 Å². The van der Waals surface area contributed by atoms with Crippen molar-refractivity contribution in [1.82, 2.24) is 4.98 Å². The van der Waals surface area contributed by atoms with E-state index < -0.39 is 0 Å². The van der Waals surface area contributed by atoms with Crippen LogP contribution in [-0.2, 0) is 0 Å². The first-order chi connectivity index (χ1) is 8.62. The molecule has 1 aromatic rings. The number of allylic oxidation sites excluding steroid dienone is 2. The number of methoxy groups -OCH3 is 1. The van der Waals surface area contributed by atoms with Gasteiger partial charge in [-0.05, 0) is 42.3 Å². The lowest BCUT2D eigenvalue weighted by atomic mass is 10.2. The molecule has 0 aromatic carbocycles. The van der Waals surface area contributed by atoms with E-state index in [0.29, 0.717) is 18.1 Å². The van der Waals surface area contributed by atoms with Crippen molar-refractivity contribution in [3.63, 3.8) is 0 Å². The first-order valence-corrected chi connectivity index (χ1v) is 6.53. The van der Waals surface area contributed by atoms with Crippen molar-refractivity contribution >= 4 is 15.9 Å². The van der Waals surface area contributed by atoms with Gasteiger partial charge in [-0.1, -0.05) is 18.2 Å². The Morgan fingerprint density at radius 3 is 2.72 bits per heavy atom. The molecule has 0 amide bonds. The van der Waals surface area contributed by atoms with Crippen molar-refractivity contribution in [2.75, 3.05) is 13.7 Å². The van der Waals surface area contributed by atoms with E-state index in [1.165, 1.54) is 0 Å². The average Bonchev–Trinajstić information content (AvgIpc) is 2.35. The molecule has 0 aliphatic carbocycles. The summed E-state index contributed by atoms with van der Waals surface area (Å²) in [6, 6.07) is 1.80. The maximum absolute atomic E-state index is 5.79. The zero-order valence-electron chi connectivity index (χ0n) is 11.2. The zero-order valence-corrected chi connectivity index (χ0v) is 12.7. The lowest BCUT2D eigenvalue weighted by Crippen LogP contribution is -2.04. The van der Waals surface area contributed by atoms with Crippen molar-refractivity contribution in [3.8, 4) is 11.5 Å². The highest BCUT2D eigenvalue weighted by atomic mass is 79.9. The molecule has 0 atom stereocenters. The highest BCUT2D eigenvalue weighted by Gasteiger charge is 2.11. The zero-order chi connectivity index (χ0) is 13.5.